The number of likely N-dealkylation sites (tertiary alicyclic amines) is 1. The lowest BCUT2D eigenvalue weighted by atomic mass is 9.30. The number of hydrogen-bond acceptors (Lipinski definition) is 6. The highest BCUT2D eigenvalue weighted by Gasteiger charge is 2.90. The first-order chi connectivity index (χ1) is 14.4. The van der Waals surface area contributed by atoms with Gasteiger partial charge in [-0.25, -0.2) is 0 Å². The number of ether oxygens (including phenoxy) is 4. The summed E-state index contributed by atoms with van der Waals surface area (Å²) in [4.78, 5) is 15.8. The maximum Gasteiger partial charge on any atom is 0.315 e. The zero-order chi connectivity index (χ0) is 20.7. The van der Waals surface area contributed by atoms with E-state index < -0.39 is 16.6 Å². The molecular weight excluding hydrogens is 382 g/mol. The van der Waals surface area contributed by atoms with Crippen LogP contribution >= 0.6 is 0 Å². The predicted molar refractivity (Wildman–Crippen MR) is 108 cm³/mol. The van der Waals surface area contributed by atoms with Crippen LogP contribution in [0.1, 0.15) is 30.9 Å². The van der Waals surface area contributed by atoms with Crippen molar-refractivity contribution in [2.24, 2.45) is 10.8 Å². The number of hydrogen-bond donors (Lipinski definition) is 0. The molecule has 0 N–H and O–H groups in total. The molecule has 3 spiro atoms. The number of carbonyl (C=O) groups is 1. The molecule has 6 nitrogen and oxygen atoms in total. The van der Waals surface area contributed by atoms with E-state index in [4.69, 9.17) is 18.9 Å². The van der Waals surface area contributed by atoms with Gasteiger partial charge in [-0.1, -0.05) is 18.2 Å². The zero-order valence-corrected chi connectivity index (χ0v) is 17.9. The molecule has 3 heterocycles. The second-order valence-corrected chi connectivity index (χ2v) is 10.3. The van der Waals surface area contributed by atoms with Crippen LogP contribution < -0.4 is 9.47 Å². The summed E-state index contributed by atoms with van der Waals surface area (Å²) in [7, 11) is 5.64. The van der Waals surface area contributed by atoms with Crippen LogP contribution in [0.2, 0.25) is 0 Å². The van der Waals surface area contributed by atoms with E-state index in [2.05, 4.69) is 30.2 Å². The number of cyclic esters (lactones) is 1. The third-order valence-corrected chi connectivity index (χ3v) is 9.85. The second kappa shape index (κ2) is 4.73. The molecule has 6 atom stereocenters. The number of nitrogens with zero attached hydrogens (tertiary/aromatic N) is 1. The van der Waals surface area contributed by atoms with Crippen LogP contribution in [0.4, 0.5) is 0 Å². The van der Waals surface area contributed by atoms with E-state index in [1.807, 2.05) is 13.0 Å². The van der Waals surface area contributed by atoms with Crippen molar-refractivity contribution in [3.8, 4) is 11.5 Å². The molecule has 0 unspecified atom stereocenters. The Labute approximate surface area is 176 Å². The smallest absolute Gasteiger partial charge is 0.315 e. The first-order valence-corrected chi connectivity index (χ1v) is 10.9. The average molecular weight is 409 g/mol. The summed E-state index contributed by atoms with van der Waals surface area (Å²) >= 11 is 0. The third-order valence-electron chi connectivity index (χ3n) is 9.85. The Morgan fingerprint density at radius 2 is 2.07 bits per heavy atom. The minimum Gasteiger partial charge on any atom is -0.493 e. The van der Waals surface area contributed by atoms with Crippen molar-refractivity contribution in [2.45, 2.75) is 48.8 Å². The van der Waals surface area contributed by atoms with E-state index in [9.17, 15) is 4.79 Å². The lowest BCUT2D eigenvalue weighted by molar-refractivity contribution is -0.322. The fraction of sp³-hybridized carbons (Fsp3) is 0.625. The van der Waals surface area contributed by atoms with Gasteiger partial charge in [0, 0.05) is 24.1 Å². The molecule has 4 aliphatic carbocycles. The van der Waals surface area contributed by atoms with Gasteiger partial charge in [0.1, 0.15) is 17.6 Å². The van der Waals surface area contributed by atoms with Gasteiger partial charge < -0.3 is 23.8 Å². The standard InChI is InChI=1S/C24H27NO5/c1-20-12-21-7-8-23(20,28-4)24(13-29-19(20)26)22(21)9-10-25(2)16(21)11-14-5-6-15(27-3)18(30-24)17(14)22/h5-8,16H,9-13H2,1-4H3/t16-,20+,21-,22-,23-,24+/m1/s1. The summed E-state index contributed by atoms with van der Waals surface area (Å²) in [5, 5.41) is 0. The van der Waals surface area contributed by atoms with Gasteiger partial charge in [0.25, 0.3) is 0 Å². The maximum absolute atomic E-state index is 13.3. The highest BCUT2D eigenvalue weighted by Crippen LogP contribution is 2.81. The lowest BCUT2D eigenvalue weighted by Gasteiger charge is -2.77. The molecule has 3 fully saturated rings. The monoisotopic (exact) mass is 409 g/mol. The Hall–Kier alpha value is -2.05. The molecule has 1 saturated carbocycles. The van der Waals surface area contributed by atoms with Crippen LogP contribution in [0.5, 0.6) is 11.5 Å². The van der Waals surface area contributed by atoms with Gasteiger partial charge in [-0.3, -0.25) is 4.79 Å². The van der Waals surface area contributed by atoms with Gasteiger partial charge in [0.2, 0.25) is 0 Å². The topological polar surface area (TPSA) is 57.2 Å². The van der Waals surface area contributed by atoms with Crippen molar-refractivity contribution in [3.05, 3.63) is 35.4 Å². The van der Waals surface area contributed by atoms with Crippen molar-refractivity contribution >= 4 is 5.97 Å². The van der Waals surface area contributed by atoms with Gasteiger partial charge in [0.15, 0.2) is 17.1 Å². The molecule has 3 aliphatic heterocycles. The highest BCUT2D eigenvalue weighted by atomic mass is 16.6. The lowest BCUT2D eigenvalue weighted by Crippen LogP contribution is -2.90. The van der Waals surface area contributed by atoms with E-state index in [-0.39, 0.29) is 23.4 Å². The Morgan fingerprint density at radius 3 is 2.83 bits per heavy atom. The summed E-state index contributed by atoms with van der Waals surface area (Å²) in [6.45, 7) is 3.20. The van der Waals surface area contributed by atoms with Crippen molar-refractivity contribution in [1.29, 1.82) is 0 Å². The second-order valence-electron chi connectivity index (χ2n) is 10.3. The molecule has 6 heteroatoms. The van der Waals surface area contributed by atoms with Crippen LogP contribution in [0.25, 0.3) is 0 Å². The molecular formula is C24H27NO5. The van der Waals surface area contributed by atoms with Gasteiger partial charge >= 0.3 is 5.97 Å². The molecule has 1 aromatic rings. The first kappa shape index (κ1) is 17.6. The SMILES string of the molecule is COc1ccc2c3c1O[C@]14COC(=O)[C@]5(C)C[C@]6(C=C[C@]15OC)[C@@H](C2)N(C)CC[C@]346. The van der Waals surface area contributed by atoms with Gasteiger partial charge in [-0.2, -0.15) is 0 Å². The van der Waals surface area contributed by atoms with Crippen LogP contribution in [-0.2, 0) is 26.1 Å². The normalized spacial score (nSPS) is 48.8. The third kappa shape index (κ3) is 1.29. The van der Waals surface area contributed by atoms with Crippen molar-refractivity contribution in [2.75, 3.05) is 34.4 Å². The Bertz CT molecular complexity index is 1070. The van der Waals surface area contributed by atoms with E-state index in [0.717, 1.165) is 30.9 Å². The van der Waals surface area contributed by atoms with Crippen LogP contribution in [-0.4, -0.2) is 62.5 Å². The summed E-state index contributed by atoms with van der Waals surface area (Å²) in [6.07, 6.45) is 7.13. The fourth-order valence-corrected chi connectivity index (χ4v) is 8.85. The molecule has 30 heavy (non-hydrogen) atoms. The average Bonchev–Trinajstić information content (AvgIpc) is 3.05. The largest absolute Gasteiger partial charge is 0.493 e. The summed E-state index contributed by atoms with van der Waals surface area (Å²) < 4.78 is 25.1. The fourth-order valence-electron chi connectivity index (χ4n) is 8.85. The molecule has 7 aliphatic rings. The number of esters is 1. The van der Waals surface area contributed by atoms with E-state index in [1.165, 1.54) is 11.1 Å². The number of rotatable bonds is 2. The van der Waals surface area contributed by atoms with E-state index >= 15 is 0 Å². The Kier molecular flexibility index (Phi) is 2.78. The van der Waals surface area contributed by atoms with Crippen LogP contribution in [0.15, 0.2) is 24.3 Å². The zero-order valence-electron chi connectivity index (χ0n) is 17.9. The van der Waals surface area contributed by atoms with E-state index in [0.29, 0.717) is 12.5 Å². The maximum atomic E-state index is 13.3. The molecule has 0 aromatic heterocycles. The van der Waals surface area contributed by atoms with Crippen LogP contribution in [0.3, 0.4) is 0 Å². The van der Waals surface area contributed by atoms with Gasteiger partial charge in [-0.05, 0) is 51.4 Å². The highest BCUT2D eigenvalue weighted by molar-refractivity contribution is 5.84. The molecule has 0 radical (unpaired) electrons. The Balaban J connectivity index is 1.67. The summed E-state index contributed by atoms with van der Waals surface area (Å²) in [5.41, 5.74) is -0.389. The molecule has 158 valence electrons. The van der Waals surface area contributed by atoms with Crippen molar-refractivity contribution in [1.82, 2.24) is 4.90 Å². The summed E-state index contributed by atoms with van der Waals surface area (Å²) in [6, 6.07) is 4.54. The van der Waals surface area contributed by atoms with Crippen molar-refractivity contribution in [3.63, 3.8) is 0 Å². The Morgan fingerprint density at radius 1 is 1.23 bits per heavy atom. The minimum atomic E-state index is -0.879. The van der Waals surface area contributed by atoms with Crippen LogP contribution in [0, 0.1) is 10.8 Å². The van der Waals surface area contributed by atoms with E-state index in [1.54, 1.807) is 14.2 Å². The number of likely N-dealkylation sites (N-methyl/N-ethyl adjacent to an activating group) is 1. The number of methoxy groups -OCH3 is 2. The molecule has 0 amide bonds. The van der Waals surface area contributed by atoms with Crippen molar-refractivity contribution < 1.29 is 23.7 Å². The van der Waals surface area contributed by atoms with Gasteiger partial charge in [-0.15, -0.1) is 0 Å². The molecule has 1 aromatic carbocycles. The van der Waals surface area contributed by atoms with Gasteiger partial charge in [0.05, 0.1) is 12.5 Å². The molecule has 2 saturated heterocycles. The quantitative estimate of drug-likeness (QED) is 0.552. The molecule has 6 bridgehead atoms. The predicted octanol–water partition coefficient (Wildman–Crippen LogP) is 2.23. The first-order valence-electron chi connectivity index (χ1n) is 10.9. The number of benzene rings is 1. The number of piperidine rings is 1. The number of carbonyl (C=O) groups excluding carboxylic acids is 1. The molecule has 8 rings (SSSR count). The summed E-state index contributed by atoms with van der Waals surface area (Å²) in [5.74, 6) is 1.41. The minimum absolute atomic E-state index is 0.174.